The van der Waals surface area contributed by atoms with Gasteiger partial charge in [-0.05, 0) is 38.1 Å². The molecule has 132 valence electrons. The van der Waals surface area contributed by atoms with Gasteiger partial charge in [0.05, 0.1) is 6.26 Å². The molecule has 1 aromatic carbocycles. The lowest BCUT2D eigenvalue weighted by molar-refractivity contribution is -0.147. The van der Waals surface area contributed by atoms with Crippen LogP contribution >= 0.6 is 0 Å². The molecule has 0 spiro atoms. The molecule has 0 radical (unpaired) electrons. The Balaban J connectivity index is 1.58. The van der Waals surface area contributed by atoms with E-state index in [0.29, 0.717) is 37.7 Å². The van der Waals surface area contributed by atoms with Gasteiger partial charge in [0.25, 0.3) is 11.8 Å². The van der Waals surface area contributed by atoms with Gasteiger partial charge in [-0.1, -0.05) is 18.2 Å². The quantitative estimate of drug-likeness (QED) is 0.856. The molecule has 6 heteroatoms. The molecule has 0 aliphatic carbocycles. The lowest BCUT2D eigenvalue weighted by Gasteiger charge is -2.38. The minimum Gasteiger partial charge on any atom is -0.478 e. The summed E-state index contributed by atoms with van der Waals surface area (Å²) in [6.07, 6.45) is 1.48. The summed E-state index contributed by atoms with van der Waals surface area (Å²) in [7, 11) is 0. The lowest BCUT2D eigenvalue weighted by atomic mass is 10.1. The van der Waals surface area contributed by atoms with E-state index in [4.69, 9.17) is 9.15 Å². The van der Waals surface area contributed by atoms with Gasteiger partial charge in [0.15, 0.2) is 11.4 Å². The van der Waals surface area contributed by atoms with Crippen molar-refractivity contribution < 1.29 is 18.7 Å². The van der Waals surface area contributed by atoms with Crippen LogP contribution in [0.4, 0.5) is 0 Å². The highest BCUT2D eigenvalue weighted by molar-refractivity contribution is 5.92. The summed E-state index contributed by atoms with van der Waals surface area (Å²) < 4.78 is 11.0. The number of furan rings is 1. The molecule has 0 N–H and O–H groups in total. The molecule has 2 aromatic rings. The molecule has 0 saturated carbocycles. The highest BCUT2D eigenvalue weighted by Crippen LogP contribution is 2.21. The largest absolute Gasteiger partial charge is 0.478 e. The summed E-state index contributed by atoms with van der Waals surface area (Å²) in [5, 5.41) is 0. The zero-order chi connectivity index (χ0) is 17.9. The van der Waals surface area contributed by atoms with Gasteiger partial charge in [0.1, 0.15) is 5.75 Å². The number of nitrogens with zero attached hydrogens (tertiary/aromatic N) is 2. The van der Waals surface area contributed by atoms with Crippen molar-refractivity contribution in [3.05, 3.63) is 54.5 Å². The SMILES string of the molecule is CC(C)(Oc1ccccc1)C(=O)N1CCN(C(=O)c2ccco2)CC1. The maximum Gasteiger partial charge on any atom is 0.289 e. The van der Waals surface area contributed by atoms with Crippen molar-refractivity contribution in [2.75, 3.05) is 26.2 Å². The van der Waals surface area contributed by atoms with Crippen LogP contribution in [-0.4, -0.2) is 53.4 Å². The Labute approximate surface area is 147 Å². The van der Waals surface area contributed by atoms with Gasteiger partial charge < -0.3 is 19.0 Å². The second kappa shape index (κ2) is 7.01. The van der Waals surface area contributed by atoms with Crippen molar-refractivity contribution >= 4 is 11.8 Å². The monoisotopic (exact) mass is 342 g/mol. The Morgan fingerprint density at radius 2 is 1.60 bits per heavy atom. The summed E-state index contributed by atoms with van der Waals surface area (Å²) in [4.78, 5) is 28.5. The van der Waals surface area contributed by atoms with E-state index in [1.54, 1.807) is 35.8 Å². The van der Waals surface area contributed by atoms with Gasteiger partial charge in [-0.3, -0.25) is 9.59 Å². The Morgan fingerprint density at radius 1 is 0.960 bits per heavy atom. The number of rotatable bonds is 4. The maximum atomic E-state index is 12.8. The first-order valence-corrected chi connectivity index (χ1v) is 8.33. The molecule has 0 unspecified atom stereocenters. The average molecular weight is 342 g/mol. The highest BCUT2D eigenvalue weighted by Gasteiger charge is 2.36. The molecule has 1 aliphatic heterocycles. The van der Waals surface area contributed by atoms with Gasteiger partial charge in [0.2, 0.25) is 0 Å². The van der Waals surface area contributed by atoms with E-state index in [2.05, 4.69) is 0 Å². The van der Waals surface area contributed by atoms with Gasteiger partial charge in [-0.25, -0.2) is 0 Å². The van der Waals surface area contributed by atoms with Crippen LogP contribution in [0, 0.1) is 0 Å². The Morgan fingerprint density at radius 3 is 2.20 bits per heavy atom. The molecule has 0 atom stereocenters. The third-order valence-electron chi connectivity index (χ3n) is 4.22. The topological polar surface area (TPSA) is 63.0 Å². The molecule has 6 nitrogen and oxygen atoms in total. The van der Waals surface area contributed by atoms with Gasteiger partial charge in [-0.15, -0.1) is 0 Å². The summed E-state index contributed by atoms with van der Waals surface area (Å²) in [5.41, 5.74) is -0.964. The van der Waals surface area contributed by atoms with Crippen LogP contribution in [-0.2, 0) is 4.79 Å². The number of amides is 2. The normalized spacial score (nSPS) is 15.1. The number of carbonyl (C=O) groups is 2. The Hall–Kier alpha value is -2.76. The Bertz CT molecular complexity index is 717. The number of hydrogen-bond donors (Lipinski definition) is 0. The minimum atomic E-state index is -0.964. The zero-order valence-corrected chi connectivity index (χ0v) is 14.5. The third-order valence-corrected chi connectivity index (χ3v) is 4.22. The van der Waals surface area contributed by atoms with E-state index in [9.17, 15) is 9.59 Å². The van der Waals surface area contributed by atoms with Crippen molar-refractivity contribution in [3.8, 4) is 5.75 Å². The number of para-hydroxylation sites is 1. The minimum absolute atomic E-state index is 0.0820. The van der Waals surface area contributed by atoms with Crippen LogP contribution in [0.5, 0.6) is 5.75 Å². The van der Waals surface area contributed by atoms with E-state index in [1.807, 2.05) is 30.3 Å². The number of ether oxygens (including phenoxy) is 1. The van der Waals surface area contributed by atoms with Gasteiger partial charge in [-0.2, -0.15) is 0 Å². The highest BCUT2D eigenvalue weighted by atomic mass is 16.5. The van der Waals surface area contributed by atoms with E-state index in [0.717, 1.165) is 0 Å². The van der Waals surface area contributed by atoms with Crippen LogP contribution in [0.3, 0.4) is 0 Å². The second-order valence-corrected chi connectivity index (χ2v) is 6.49. The molecule has 25 heavy (non-hydrogen) atoms. The third kappa shape index (κ3) is 3.84. The number of piperazine rings is 1. The number of carbonyl (C=O) groups excluding carboxylic acids is 2. The molecule has 2 amide bonds. The van der Waals surface area contributed by atoms with E-state index < -0.39 is 5.60 Å². The first-order chi connectivity index (χ1) is 12.0. The van der Waals surface area contributed by atoms with Crippen LogP contribution in [0.15, 0.2) is 53.1 Å². The molecular formula is C19H22N2O4. The van der Waals surface area contributed by atoms with E-state index >= 15 is 0 Å². The molecule has 1 aromatic heterocycles. The second-order valence-electron chi connectivity index (χ2n) is 6.49. The molecular weight excluding hydrogens is 320 g/mol. The van der Waals surface area contributed by atoms with E-state index in [1.165, 1.54) is 6.26 Å². The van der Waals surface area contributed by atoms with Crippen molar-refractivity contribution in [1.82, 2.24) is 9.80 Å². The molecule has 0 bridgehead atoms. The Kier molecular flexibility index (Phi) is 4.79. The zero-order valence-electron chi connectivity index (χ0n) is 14.5. The molecule has 2 heterocycles. The van der Waals surface area contributed by atoms with Gasteiger partial charge in [0, 0.05) is 26.2 Å². The van der Waals surface area contributed by atoms with Crippen LogP contribution in [0.1, 0.15) is 24.4 Å². The summed E-state index contributed by atoms with van der Waals surface area (Å²) in [5.74, 6) is 0.762. The van der Waals surface area contributed by atoms with E-state index in [-0.39, 0.29) is 11.8 Å². The number of hydrogen-bond acceptors (Lipinski definition) is 4. The molecule has 1 aliphatic rings. The smallest absolute Gasteiger partial charge is 0.289 e. The summed E-state index contributed by atoms with van der Waals surface area (Å²) in [6, 6.07) is 12.6. The van der Waals surface area contributed by atoms with Crippen LogP contribution < -0.4 is 4.74 Å². The fraction of sp³-hybridized carbons (Fsp3) is 0.368. The van der Waals surface area contributed by atoms with Crippen molar-refractivity contribution in [2.24, 2.45) is 0 Å². The predicted molar refractivity (Wildman–Crippen MR) is 92.3 cm³/mol. The van der Waals surface area contributed by atoms with Gasteiger partial charge >= 0.3 is 0 Å². The van der Waals surface area contributed by atoms with Crippen LogP contribution in [0.2, 0.25) is 0 Å². The molecule has 1 fully saturated rings. The first-order valence-electron chi connectivity index (χ1n) is 8.33. The summed E-state index contributed by atoms with van der Waals surface area (Å²) in [6.45, 7) is 5.45. The maximum absolute atomic E-state index is 12.8. The lowest BCUT2D eigenvalue weighted by Crippen LogP contribution is -2.56. The summed E-state index contributed by atoms with van der Waals surface area (Å²) >= 11 is 0. The first kappa shape index (κ1) is 17.1. The molecule has 3 rings (SSSR count). The molecule has 1 saturated heterocycles. The van der Waals surface area contributed by atoms with Crippen molar-refractivity contribution in [2.45, 2.75) is 19.4 Å². The fourth-order valence-electron chi connectivity index (χ4n) is 2.88. The fourth-order valence-corrected chi connectivity index (χ4v) is 2.88. The van der Waals surface area contributed by atoms with Crippen LogP contribution in [0.25, 0.3) is 0 Å². The van der Waals surface area contributed by atoms with Crippen molar-refractivity contribution in [3.63, 3.8) is 0 Å². The standard InChI is InChI=1S/C19H22N2O4/c1-19(2,25-15-7-4-3-5-8-15)18(23)21-12-10-20(11-13-21)17(22)16-9-6-14-24-16/h3-9,14H,10-13H2,1-2H3. The predicted octanol–water partition coefficient (Wildman–Crippen LogP) is 2.42. The number of benzene rings is 1. The van der Waals surface area contributed by atoms with Crippen molar-refractivity contribution in [1.29, 1.82) is 0 Å². The average Bonchev–Trinajstić information content (AvgIpc) is 3.16.